The highest BCUT2D eigenvalue weighted by Crippen LogP contribution is 2.30. The van der Waals surface area contributed by atoms with Crippen molar-refractivity contribution in [2.75, 3.05) is 17.7 Å². The Kier molecular flexibility index (Phi) is 5.20. The van der Waals surface area contributed by atoms with Crippen LogP contribution in [0.2, 0.25) is 5.02 Å². The molecule has 0 aliphatic carbocycles. The summed E-state index contributed by atoms with van der Waals surface area (Å²) in [6.07, 6.45) is 0. The van der Waals surface area contributed by atoms with Crippen molar-refractivity contribution in [1.29, 1.82) is 0 Å². The number of aromatic nitrogens is 2. The molecule has 0 unspecified atom stereocenters. The monoisotopic (exact) mass is 426 g/mol. The number of ether oxygens (including phenoxy) is 1. The molecular weight excluding hydrogens is 412 g/mol. The number of fused-ring (bicyclic) bond motifs is 1. The van der Waals surface area contributed by atoms with E-state index >= 15 is 0 Å². The number of amides is 2. The molecule has 2 aromatic carbocycles. The quantitative estimate of drug-likeness (QED) is 0.427. The number of carbonyl (C=O) groups excluding carboxylic acids is 2. The van der Waals surface area contributed by atoms with Crippen molar-refractivity contribution in [3.63, 3.8) is 0 Å². The van der Waals surface area contributed by atoms with Crippen molar-refractivity contribution >= 4 is 56.5 Å². The van der Waals surface area contributed by atoms with Crippen LogP contribution in [-0.4, -0.2) is 29.1 Å². The van der Waals surface area contributed by atoms with E-state index in [9.17, 15) is 9.59 Å². The molecule has 29 heavy (non-hydrogen) atoms. The summed E-state index contributed by atoms with van der Waals surface area (Å²) in [5, 5.41) is 13.8. The van der Waals surface area contributed by atoms with E-state index in [1.807, 2.05) is 0 Å². The van der Waals surface area contributed by atoms with Gasteiger partial charge in [-0.25, -0.2) is 0 Å². The summed E-state index contributed by atoms with van der Waals surface area (Å²) in [6, 6.07) is 15.3. The lowest BCUT2D eigenvalue weighted by Crippen LogP contribution is -2.12. The van der Waals surface area contributed by atoms with E-state index in [2.05, 4.69) is 20.8 Å². The van der Waals surface area contributed by atoms with Crippen molar-refractivity contribution in [2.24, 2.45) is 0 Å². The number of hydrogen-bond acceptors (Lipinski definition) is 5. The predicted molar refractivity (Wildman–Crippen MR) is 114 cm³/mol. The van der Waals surface area contributed by atoms with E-state index in [1.54, 1.807) is 61.7 Å². The topological polar surface area (TPSA) is 96.1 Å². The molecule has 2 amide bonds. The summed E-state index contributed by atoms with van der Waals surface area (Å²) in [5.74, 6) is 0.543. The fourth-order valence-electron chi connectivity index (χ4n) is 2.67. The number of halogens is 1. The number of aromatic amines is 1. The van der Waals surface area contributed by atoms with Gasteiger partial charge in [0.05, 0.1) is 17.4 Å². The standard InChI is InChI=1S/C20H15ClN4O3S/c1-28-14-8-2-11(3-9-14)18(26)23-17-15-10-16(29-20(15)25-24-17)19(27)22-13-6-4-12(21)5-7-13/h2-10H,1H3,(H,22,27)(H2,23,24,25,26). The number of carbonyl (C=O) groups is 2. The Labute approximate surface area is 174 Å². The van der Waals surface area contributed by atoms with E-state index in [1.165, 1.54) is 11.3 Å². The Morgan fingerprint density at radius 1 is 1.03 bits per heavy atom. The van der Waals surface area contributed by atoms with Gasteiger partial charge in [-0.2, -0.15) is 5.10 Å². The first kappa shape index (κ1) is 19.0. The largest absolute Gasteiger partial charge is 0.497 e. The molecule has 7 nitrogen and oxygen atoms in total. The number of nitrogens with one attached hydrogen (secondary N) is 3. The molecule has 2 heterocycles. The van der Waals surface area contributed by atoms with E-state index in [-0.39, 0.29) is 11.8 Å². The molecule has 0 fully saturated rings. The number of rotatable bonds is 5. The van der Waals surface area contributed by atoms with Gasteiger partial charge in [0.2, 0.25) is 0 Å². The fourth-order valence-corrected chi connectivity index (χ4v) is 3.69. The van der Waals surface area contributed by atoms with Crippen LogP contribution in [0.25, 0.3) is 10.2 Å². The number of H-pyrrole nitrogens is 1. The summed E-state index contributed by atoms with van der Waals surface area (Å²) in [4.78, 5) is 26.1. The highest BCUT2D eigenvalue weighted by molar-refractivity contribution is 7.20. The molecule has 9 heteroatoms. The molecule has 2 aromatic heterocycles. The molecule has 0 bridgehead atoms. The minimum absolute atomic E-state index is 0.261. The summed E-state index contributed by atoms with van der Waals surface area (Å²) >= 11 is 7.09. The molecule has 0 saturated carbocycles. The number of methoxy groups -OCH3 is 1. The van der Waals surface area contributed by atoms with Gasteiger partial charge in [-0.3, -0.25) is 14.7 Å². The van der Waals surface area contributed by atoms with Gasteiger partial charge in [-0.15, -0.1) is 11.3 Å². The van der Waals surface area contributed by atoms with Crippen molar-refractivity contribution in [1.82, 2.24) is 10.2 Å². The molecule has 0 radical (unpaired) electrons. The third-order valence-corrected chi connectivity index (χ3v) is 5.45. The predicted octanol–water partition coefficient (Wildman–Crippen LogP) is 4.79. The lowest BCUT2D eigenvalue weighted by molar-refractivity contribution is 0.102. The first-order chi connectivity index (χ1) is 14.0. The van der Waals surface area contributed by atoms with Gasteiger partial charge >= 0.3 is 0 Å². The zero-order chi connectivity index (χ0) is 20.4. The van der Waals surface area contributed by atoms with Crippen LogP contribution in [0.15, 0.2) is 54.6 Å². The van der Waals surface area contributed by atoms with Crippen molar-refractivity contribution in [3.8, 4) is 5.75 Å². The van der Waals surface area contributed by atoms with Crippen LogP contribution in [-0.2, 0) is 0 Å². The molecule has 0 spiro atoms. The molecular formula is C20H15ClN4O3S. The lowest BCUT2D eigenvalue weighted by Gasteiger charge is -2.04. The zero-order valence-electron chi connectivity index (χ0n) is 15.2. The average Bonchev–Trinajstić information content (AvgIpc) is 3.32. The van der Waals surface area contributed by atoms with Gasteiger partial charge in [-0.05, 0) is 54.6 Å². The highest BCUT2D eigenvalue weighted by Gasteiger charge is 2.17. The van der Waals surface area contributed by atoms with Crippen LogP contribution in [0.1, 0.15) is 20.0 Å². The second-order valence-corrected chi connectivity index (χ2v) is 7.54. The number of benzene rings is 2. The highest BCUT2D eigenvalue weighted by atomic mass is 35.5. The van der Waals surface area contributed by atoms with Crippen molar-refractivity contribution < 1.29 is 14.3 Å². The number of thiophene rings is 1. The molecule has 0 aliphatic heterocycles. The van der Waals surface area contributed by atoms with E-state index < -0.39 is 0 Å². The van der Waals surface area contributed by atoms with Gasteiger partial charge in [0.1, 0.15) is 16.4 Å². The van der Waals surface area contributed by atoms with Crippen LogP contribution < -0.4 is 15.4 Å². The van der Waals surface area contributed by atoms with E-state index in [0.29, 0.717) is 42.9 Å². The van der Waals surface area contributed by atoms with Crippen LogP contribution in [0, 0.1) is 0 Å². The summed E-state index contributed by atoms with van der Waals surface area (Å²) in [7, 11) is 1.56. The summed E-state index contributed by atoms with van der Waals surface area (Å²) < 4.78 is 5.10. The first-order valence-electron chi connectivity index (χ1n) is 8.54. The molecule has 0 aliphatic rings. The molecule has 4 aromatic rings. The summed E-state index contributed by atoms with van der Waals surface area (Å²) in [5.41, 5.74) is 1.12. The Bertz CT molecular complexity index is 1180. The minimum Gasteiger partial charge on any atom is -0.497 e. The van der Waals surface area contributed by atoms with Crippen LogP contribution >= 0.6 is 22.9 Å². The molecule has 3 N–H and O–H groups in total. The number of nitrogens with zero attached hydrogens (tertiary/aromatic N) is 1. The fraction of sp³-hybridized carbons (Fsp3) is 0.0500. The normalized spacial score (nSPS) is 10.7. The maximum Gasteiger partial charge on any atom is 0.265 e. The molecule has 146 valence electrons. The average molecular weight is 427 g/mol. The Balaban J connectivity index is 1.51. The van der Waals surface area contributed by atoms with E-state index in [0.717, 1.165) is 0 Å². The Morgan fingerprint density at radius 3 is 2.45 bits per heavy atom. The van der Waals surface area contributed by atoms with Crippen LogP contribution in [0.5, 0.6) is 5.75 Å². The van der Waals surface area contributed by atoms with E-state index in [4.69, 9.17) is 16.3 Å². The van der Waals surface area contributed by atoms with Gasteiger partial charge in [0, 0.05) is 16.3 Å². The Hall–Kier alpha value is -3.36. The van der Waals surface area contributed by atoms with Gasteiger partial charge in [-0.1, -0.05) is 11.6 Å². The molecule has 4 rings (SSSR count). The number of hydrogen-bond donors (Lipinski definition) is 3. The smallest absolute Gasteiger partial charge is 0.265 e. The minimum atomic E-state index is -0.295. The first-order valence-corrected chi connectivity index (χ1v) is 9.73. The molecule has 0 saturated heterocycles. The third-order valence-electron chi connectivity index (χ3n) is 4.17. The zero-order valence-corrected chi connectivity index (χ0v) is 16.7. The molecule has 0 atom stereocenters. The maximum absolute atomic E-state index is 12.5. The number of anilines is 2. The van der Waals surface area contributed by atoms with Gasteiger partial charge in [0.15, 0.2) is 0 Å². The second kappa shape index (κ2) is 7.94. The SMILES string of the molecule is COc1ccc(C(=O)Nc2[nH]nc3sc(C(=O)Nc4ccc(Cl)cc4)cc23)cc1. The summed E-state index contributed by atoms with van der Waals surface area (Å²) in [6.45, 7) is 0. The van der Waals surface area contributed by atoms with Gasteiger partial charge < -0.3 is 15.4 Å². The Morgan fingerprint density at radius 2 is 1.76 bits per heavy atom. The van der Waals surface area contributed by atoms with Crippen molar-refractivity contribution in [2.45, 2.75) is 0 Å². The van der Waals surface area contributed by atoms with Crippen molar-refractivity contribution in [3.05, 3.63) is 70.1 Å². The van der Waals surface area contributed by atoms with Crippen LogP contribution in [0.3, 0.4) is 0 Å². The van der Waals surface area contributed by atoms with Gasteiger partial charge in [0.25, 0.3) is 11.8 Å². The lowest BCUT2D eigenvalue weighted by atomic mass is 10.2. The third kappa shape index (κ3) is 4.08. The van der Waals surface area contributed by atoms with Crippen LogP contribution in [0.4, 0.5) is 11.5 Å². The maximum atomic E-state index is 12.5. The second-order valence-electron chi connectivity index (χ2n) is 6.07.